The molecule has 2 aromatic carbocycles. The highest BCUT2D eigenvalue weighted by Crippen LogP contribution is 2.64. The van der Waals surface area contributed by atoms with Crippen molar-refractivity contribution in [2.24, 2.45) is 34.5 Å². The second-order valence-corrected chi connectivity index (χ2v) is 23.8. The first-order valence-corrected chi connectivity index (χ1v) is 25.9. The number of hydroxylamine groups is 2. The highest BCUT2D eigenvalue weighted by Gasteiger charge is 2.78. The average Bonchev–Trinajstić information content (AvgIpc) is 4.26. The summed E-state index contributed by atoms with van der Waals surface area (Å²) in [7, 11) is 0. The number of hydrogen-bond acceptors (Lipinski definition) is 12. The Morgan fingerprint density at radius 1 is 0.942 bits per heavy atom. The van der Waals surface area contributed by atoms with Crippen molar-refractivity contribution in [1.82, 2.24) is 15.7 Å². The van der Waals surface area contributed by atoms with E-state index in [0.717, 1.165) is 68.9 Å². The van der Waals surface area contributed by atoms with E-state index in [1.807, 2.05) is 12.1 Å². The minimum Gasteiger partial charge on any atom is -0.460 e. The SMILES string of the molecule is CC(C)(C)OC(=O)CCC(CO)NC(=O)c1cccc(CNC(=O)C23CC4OC(=O)C2N(Cc2ccccc2C=C2CCC5OC5(C)CCC5C2CC5(C)C)OC3C2OC(C3CC3)(C3CC3)OC42)c1. The molecule has 14 heteroatoms. The fourth-order valence-electron chi connectivity index (χ4n) is 13.4. The molecule has 0 spiro atoms. The molecule has 9 aliphatic rings. The van der Waals surface area contributed by atoms with Gasteiger partial charge in [0.1, 0.15) is 35.4 Å². The molecule has 0 radical (unpaired) electrons. The maximum absolute atomic E-state index is 15.3. The molecule has 5 aliphatic carbocycles. The summed E-state index contributed by atoms with van der Waals surface area (Å²) in [6, 6.07) is 13.5. The fourth-order valence-corrected chi connectivity index (χ4v) is 13.4. The minimum atomic E-state index is -1.36. The Hall–Kier alpha value is -4.18. The van der Waals surface area contributed by atoms with Crippen molar-refractivity contribution in [3.05, 3.63) is 76.4 Å². The maximum Gasteiger partial charge on any atom is 0.327 e. The van der Waals surface area contributed by atoms with Crippen LogP contribution < -0.4 is 10.6 Å². The van der Waals surface area contributed by atoms with Crippen LogP contribution in [-0.4, -0.2) is 100 Å². The minimum absolute atomic E-state index is 0.00874. The number of nitrogens with zero attached hydrogens (tertiary/aromatic N) is 1. The topological polar surface area (TPSA) is 174 Å². The predicted octanol–water partition coefficient (Wildman–Crippen LogP) is 7.09. The molecule has 4 heterocycles. The molecule has 372 valence electrons. The molecule has 69 heavy (non-hydrogen) atoms. The smallest absolute Gasteiger partial charge is 0.327 e. The predicted molar refractivity (Wildman–Crippen MR) is 252 cm³/mol. The zero-order valence-electron chi connectivity index (χ0n) is 41.1. The lowest BCUT2D eigenvalue weighted by Crippen LogP contribution is -2.69. The van der Waals surface area contributed by atoms with Gasteiger partial charge in [-0.1, -0.05) is 61.9 Å². The molecule has 14 nitrogen and oxygen atoms in total. The normalized spacial score (nSPS) is 36.0. The summed E-state index contributed by atoms with van der Waals surface area (Å²) in [5.41, 5.74) is 2.79. The van der Waals surface area contributed by atoms with Crippen LogP contribution in [0.2, 0.25) is 0 Å². The lowest BCUT2D eigenvalue weighted by atomic mass is 9.52. The molecule has 9 fully saturated rings. The number of carbonyl (C=O) groups is 4. The van der Waals surface area contributed by atoms with Crippen LogP contribution in [0.4, 0.5) is 0 Å². The van der Waals surface area contributed by atoms with Crippen LogP contribution in [0, 0.1) is 34.5 Å². The van der Waals surface area contributed by atoms with E-state index < -0.39 is 71.1 Å². The number of aliphatic hydroxyl groups is 1. The van der Waals surface area contributed by atoms with E-state index >= 15 is 4.79 Å². The first-order chi connectivity index (χ1) is 32.9. The summed E-state index contributed by atoms with van der Waals surface area (Å²) in [6.45, 7) is 12.4. The Labute approximate surface area is 405 Å². The number of amides is 2. The number of hydrogen-bond donors (Lipinski definition) is 3. The Balaban J connectivity index is 0.855. The van der Waals surface area contributed by atoms with E-state index in [4.69, 9.17) is 28.5 Å². The van der Waals surface area contributed by atoms with Gasteiger partial charge in [-0.3, -0.25) is 24.0 Å². The lowest BCUT2D eigenvalue weighted by molar-refractivity contribution is -0.235. The summed E-state index contributed by atoms with van der Waals surface area (Å²) < 4.78 is 32.1. The van der Waals surface area contributed by atoms with Crippen LogP contribution in [-0.2, 0) is 56.0 Å². The van der Waals surface area contributed by atoms with Crippen molar-refractivity contribution in [1.29, 1.82) is 0 Å². The molecule has 2 amide bonds. The van der Waals surface area contributed by atoms with Gasteiger partial charge in [-0.2, -0.15) is 5.06 Å². The fraction of sp³-hybridized carbons (Fsp3) is 0.673. The average molecular weight is 950 g/mol. The highest BCUT2D eigenvalue weighted by atomic mass is 16.8. The van der Waals surface area contributed by atoms with Crippen LogP contribution in [0.25, 0.3) is 6.08 Å². The summed E-state index contributed by atoms with van der Waals surface area (Å²) >= 11 is 0. The van der Waals surface area contributed by atoms with E-state index in [1.165, 1.54) is 5.57 Å². The van der Waals surface area contributed by atoms with Crippen molar-refractivity contribution in [3.63, 3.8) is 0 Å². The highest BCUT2D eigenvalue weighted by molar-refractivity contribution is 5.95. The number of benzene rings is 2. The van der Waals surface area contributed by atoms with Crippen molar-refractivity contribution in [2.75, 3.05) is 6.61 Å². The number of aliphatic hydroxyl groups excluding tert-OH is 1. The van der Waals surface area contributed by atoms with Crippen LogP contribution in [0.1, 0.15) is 146 Å². The number of esters is 2. The maximum atomic E-state index is 15.3. The van der Waals surface area contributed by atoms with Crippen molar-refractivity contribution >= 4 is 29.8 Å². The molecule has 2 aromatic rings. The molecule has 0 aromatic heterocycles. The van der Waals surface area contributed by atoms with Gasteiger partial charge >= 0.3 is 11.9 Å². The van der Waals surface area contributed by atoms with Crippen LogP contribution in [0.15, 0.2) is 54.1 Å². The molecule has 4 aliphatic heterocycles. The van der Waals surface area contributed by atoms with Gasteiger partial charge in [0.05, 0.1) is 30.9 Å². The molecule has 5 saturated carbocycles. The van der Waals surface area contributed by atoms with E-state index in [9.17, 15) is 19.5 Å². The zero-order chi connectivity index (χ0) is 48.3. The van der Waals surface area contributed by atoms with Gasteiger partial charge in [0.15, 0.2) is 11.8 Å². The van der Waals surface area contributed by atoms with Gasteiger partial charge in [-0.15, -0.1) is 0 Å². The third kappa shape index (κ3) is 8.66. The molecule has 11 unspecified atom stereocenters. The van der Waals surface area contributed by atoms with E-state index in [-0.39, 0.29) is 67.7 Å². The lowest BCUT2D eigenvalue weighted by Gasteiger charge is -2.53. The largest absolute Gasteiger partial charge is 0.460 e. The third-order valence-electron chi connectivity index (χ3n) is 17.3. The van der Waals surface area contributed by atoms with Gasteiger partial charge in [0.2, 0.25) is 5.91 Å². The van der Waals surface area contributed by atoms with Crippen molar-refractivity contribution < 1.29 is 52.8 Å². The molecular formula is C55H71N3O11. The molecular weight excluding hydrogens is 879 g/mol. The Morgan fingerprint density at radius 2 is 1.70 bits per heavy atom. The molecule has 11 rings (SSSR count). The number of fused-ring (bicyclic) bond motifs is 6. The second kappa shape index (κ2) is 17.3. The molecule has 3 N–H and O–H groups in total. The Kier molecular flexibility index (Phi) is 11.8. The number of carbonyl (C=O) groups excluding carboxylic acids is 4. The van der Waals surface area contributed by atoms with Crippen LogP contribution in [0.5, 0.6) is 0 Å². The third-order valence-corrected chi connectivity index (χ3v) is 17.3. The van der Waals surface area contributed by atoms with Gasteiger partial charge in [-0.25, -0.2) is 0 Å². The monoisotopic (exact) mass is 950 g/mol. The number of nitrogens with one attached hydrogen (secondary N) is 2. The van der Waals surface area contributed by atoms with Gasteiger partial charge in [0.25, 0.3) is 5.91 Å². The molecule has 4 saturated heterocycles. The van der Waals surface area contributed by atoms with Crippen LogP contribution >= 0.6 is 0 Å². The Bertz CT molecular complexity index is 2390. The van der Waals surface area contributed by atoms with E-state index in [2.05, 4.69) is 55.7 Å². The summed E-state index contributed by atoms with van der Waals surface area (Å²) in [6.07, 6.45) is 9.85. The standard InChI is InChI=1S/C55H71N3O11/c1-51(2,3)66-43(60)21-19-38(30-59)57-48(61)34-13-9-10-31(24-34)28-56-50(63)54-27-41-44-45(68-55(67-44,36-15-16-36)37-17-18-37)47(54)69-58(46(54)49(62)64-41)29-35-12-8-7-11-32(35)25-33-14-20-42-53(6,65-42)23-22-40-39(33)26-52(40,4)5/h7-13,24-25,36-42,44-47,59H,14-23,26-30H2,1-6H3,(H,56,63)(H,57,61). The first-order valence-electron chi connectivity index (χ1n) is 25.9. The zero-order valence-corrected chi connectivity index (χ0v) is 41.1. The van der Waals surface area contributed by atoms with Crippen molar-refractivity contribution in [3.8, 4) is 0 Å². The van der Waals surface area contributed by atoms with Gasteiger partial charge in [-0.05, 0) is 138 Å². The molecule has 2 bridgehead atoms. The number of epoxide rings is 1. The number of ether oxygens (including phenoxy) is 5. The number of allylic oxidation sites excluding steroid dienone is 1. The van der Waals surface area contributed by atoms with Gasteiger partial charge in [0, 0.05) is 36.8 Å². The van der Waals surface area contributed by atoms with Crippen molar-refractivity contribution in [2.45, 2.75) is 191 Å². The second-order valence-electron chi connectivity index (χ2n) is 23.8. The quantitative estimate of drug-likeness (QED) is 0.130. The molecule has 11 atom stereocenters. The Morgan fingerprint density at radius 3 is 2.42 bits per heavy atom. The summed E-state index contributed by atoms with van der Waals surface area (Å²) in [5.74, 6) is -0.854. The van der Waals surface area contributed by atoms with Gasteiger partial charge < -0.3 is 39.4 Å². The first kappa shape index (κ1) is 47.2. The van der Waals surface area contributed by atoms with E-state index in [1.54, 1.807) is 44.0 Å². The van der Waals surface area contributed by atoms with Crippen LogP contribution in [0.3, 0.4) is 0 Å². The summed E-state index contributed by atoms with van der Waals surface area (Å²) in [4.78, 5) is 62.8. The summed E-state index contributed by atoms with van der Waals surface area (Å²) in [5, 5.41) is 17.8. The number of rotatable bonds is 14. The van der Waals surface area contributed by atoms with E-state index in [0.29, 0.717) is 29.1 Å².